The van der Waals surface area contributed by atoms with Gasteiger partial charge in [0, 0.05) is 5.75 Å². The highest BCUT2D eigenvalue weighted by atomic mass is 32.2. The van der Waals surface area contributed by atoms with E-state index >= 15 is 0 Å². The van der Waals surface area contributed by atoms with Crippen LogP contribution in [-0.4, -0.2) is 12.9 Å². The predicted octanol–water partition coefficient (Wildman–Crippen LogP) is 4.17. The summed E-state index contributed by atoms with van der Waals surface area (Å²) in [6.07, 6.45) is 1.09. The van der Waals surface area contributed by atoms with Crippen molar-refractivity contribution in [3.63, 3.8) is 0 Å². The Kier molecular flexibility index (Phi) is 5.15. The molecule has 0 aliphatic rings. The summed E-state index contributed by atoms with van der Waals surface area (Å²) in [5.74, 6) is 3.17. The molecule has 0 aliphatic carbocycles. The molecule has 0 spiro atoms. The van der Waals surface area contributed by atoms with Gasteiger partial charge in [-0.05, 0) is 35.4 Å². The Labute approximate surface area is 113 Å². The van der Waals surface area contributed by atoms with Crippen LogP contribution in [0.1, 0.15) is 11.1 Å². The summed E-state index contributed by atoms with van der Waals surface area (Å²) in [7, 11) is 1.71. The van der Waals surface area contributed by atoms with Crippen LogP contribution in [0, 0.1) is 0 Å². The lowest BCUT2D eigenvalue weighted by Gasteiger charge is -2.05. The zero-order chi connectivity index (χ0) is 12.6. The number of ether oxygens (including phenoxy) is 1. The van der Waals surface area contributed by atoms with E-state index in [0.717, 1.165) is 23.7 Å². The molecular formula is C16H18OS. The Morgan fingerprint density at radius 1 is 0.944 bits per heavy atom. The molecule has 0 heterocycles. The van der Waals surface area contributed by atoms with Crippen molar-refractivity contribution in [3.05, 3.63) is 65.7 Å². The monoisotopic (exact) mass is 258 g/mol. The molecule has 0 bridgehead atoms. The molecule has 0 fully saturated rings. The van der Waals surface area contributed by atoms with Crippen molar-refractivity contribution in [1.29, 1.82) is 0 Å². The van der Waals surface area contributed by atoms with Crippen molar-refractivity contribution in [2.75, 3.05) is 12.9 Å². The van der Waals surface area contributed by atoms with Crippen LogP contribution in [0.2, 0.25) is 0 Å². The maximum atomic E-state index is 5.22. The topological polar surface area (TPSA) is 9.23 Å². The number of thioether (sulfide) groups is 1. The molecule has 0 aromatic heterocycles. The Hall–Kier alpha value is -1.41. The Balaban J connectivity index is 1.75. The van der Waals surface area contributed by atoms with Gasteiger partial charge < -0.3 is 4.74 Å². The fraction of sp³-hybridized carbons (Fsp3) is 0.250. The molecule has 0 aliphatic heterocycles. The van der Waals surface area contributed by atoms with E-state index in [1.165, 1.54) is 11.1 Å². The summed E-state index contributed by atoms with van der Waals surface area (Å²) in [5.41, 5.74) is 2.74. The molecule has 0 radical (unpaired) electrons. The minimum atomic E-state index is 0.945. The van der Waals surface area contributed by atoms with Crippen molar-refractivity contribution < 1.29 is 4.74 Å². The first kappa shape index (κ1) is 13.0. The molecule has 0 unspecified atom stereocenters. The van der Waals surface area contributed by atoms with Crippen molar-refractivity contribution in [3.8, 4) is 5.75 Å². The van der Waals surface area contributed by atoms with Gasteiger partial charge in [-0.15, -0.1) is 0 Å². The highest BCUT2D eigenvalue weighted by Gasteiger charge is 1.97. The first-order valence-electron chi connectivity index (χ1n) is 6.13. The predicted molar refractivity (Wildman–Crippen MR) is 79.3 cm³/mol. The maximum absolute atomic E-state index is 5.22. The fourth-order valence-corrected chi connectivity index (χ4v) is 2.73. The first-order valence-corrected chi connectivity index (χ1v) is 7.28. The van der Waals surface area contributed by atoms with E-state index in [0.29, 0.717) is 0 Å². The second-order valence-corrected chi connectivity index (χ2v) is 5.24. The first-order chi connectivity index (χ1) is 8.88. The van der Waals surface area contributed by atoms with Crippen molar-refractivity contribution in [2.45, 2.75) is 12.2 Å². The van der Waals surface area contributed by atoms with Crippen LogP contribution in [0.15, 0.2) is 54.6 Å². The van der Waals surface area contributed by atoms with Crippen LogP contribution in [0.25, 0.3) is 0 Å². The van der Waals surface area contributed by atoms with Crippen molar-refractivity contribution in [2.24, 2.45) is 0 Å². The standard InChI is InChI=1S/C16H18OS/c1-17-16-9-5-8-14(12-16)10-11-18-13-15-6-3-2-4-7-15/h2-9,12H,10-11,13H2,1H3. The minimum Gasteiger partial charge on any atom is -0.497 e. The lowest BCUT2D eigenvalue weighted by atomic mass is 10.2. The summed E-state index contributed by atoms with van der Waals surface area (Å²) >= 11 is 1.97. The van der Waals surface area contributed by atoms with E-state index < -0.39 is 0 Å². The van der Waals surface area contributed by atoms with Gasteiger partial charge in [-0.25, -0.2) is 0 Å². The molecule has 0 saturated heterocycles. The second kappa shape index (κ2) is 7.12. The Morgan fingerprint density at radius 3 is 2.50 bits per heavy atom. The third-order valence-corrected chi connectivity index (χ3v) is 3.81. The number of benzene rings is 2. The number of hydrogen-bond acceptors (Lipinski definition) is 2. The lowest BCUT2D eigenvalue weighted by molar-refractivity contribution is 0.414. The smallest absolute Gasteiger partial charge is 0.119 e. The van der Waals surface area contributed by atoms with Crippen molar-refractivity contribution >= 4 is 11.8 Å². The minimum absolute atomic E-state index is 0.945. The van der Waals surface area contributed by atoms with Gasteiger partial charge in [-0.3, -0.25) is 0 Å². The van der Waals surface area contributed by atoms with Gasteiger partial charge in [0.15, 0.2) is 0 Å². The fourth-order valence-electron chi connectivity index (χ4n) is 1.78. The van der Waals surface area contributed by atoms with Gasteiger partial charge in [0.2, 0.25) is 0 Å². The average Bonchev–Trinajstić information content (AvgIpc) is 2.45. The third kappa shape index (κ3) is 4.11. The van der Waals surface area contributed by atoms with Gasteiger partial charge in [0.05, 0.1) is 7.11 Å². The normalized spacial score (nSPS) is 10.3. The molecule has 1 nitrogen and oxygen atoms in total. The van der Waals surface area contributed by atoms with Gasteiger partial charge in [0.25, 0.3) is 0 Å². The molecule has 2 heteroatoms. The summed E-state index contributed by atoms with van der Waals surface area (Å²) in [5, 5.41) is 0. The zero-order valence-corrected chi connectivity index (χ0v) is 11.5. The van der Waals surface area contributed by atoms with E-state index in [4.69, 9.17) is 4.74 Å². The molecule has 0 N–H and O–H groups in total. The molecule has 0 atom stereocenters. The average molecular weight is 258 g/mol. The SMILES string of the molecule is COc1cccc(CCSCc2ccccc2)c1. The number of methoxy groups -OCH3 is 1. The second-order valence-electron chi connectivity index (χ2n) is 4.14. The Morgan fingerprint density at radius 2 is 1.72 bits per heavy atom. The molecule has 94 valence electrons. The highest BCUT2D eigenvalue weighted by Crippen LogP contribution is 2.17. The van der Waals surface area contributed by atoms with Crippen LogP contribution in [0.4, 0.5) is 0 Å². The molecule has 2 aromatic carbocycles. The van der Waals surface area contributed by atoms with Crippen LogP contribution >= 0.6 is 11.8 Å². The maximum Gasteiger partial charge on any atom is 0.119 e. The molecule has 18 heavy (non-hydrogen) atoms. The highest BCUT2D eigenvalue weighted by molar-refractivity contribution is 7.98. The number of hydrogen-bond donors (Lipinski definition) is 0. The van der Waals surface area contributed by atoms with Gasteiger partial charge in [0.1, 0.15) is 5.75 Å². The summed E-state index contributed by atoms with van der Waals surface area (Å²) in [6.45, 7) is 0. The summed E-state index contributed by atoms with van der Waals surface area (Å²) in [4.78, 5) is 0. The van der Waals surface area contributed by atoms with Crippen molar-refractivity contribution in [1.82, 2.24) is 0 Å². The van der Waals surface area contributed by atoms with E-state index in [1.54, 1.807) is 7.11 Å². The lowest BCUT2D eigenvalue weighted by Crippen LogP contribution is -1.91. The van der Waals surface area contributed by atoms with E-state index in [1.807, 2.05) is 17.8 Å². The van der Waals surface area contributed by atoms with Gasteiger partial charge in [-0.1, -0.05) is 42.5 Å². The zero-order valence-electron chi connectivity index (χ0n) is 10.6. The van der Waals surface area contributed by atoms with Crippen LogP contribution in [0.5, 0.6) is 5.75 Å². The molecule has 2 aromatic rings. The third-order valence-electron chi connectivity index (χ3n) is 2.78. The van der Waals surface area contributed by atoms with E-state index in [2.05, 4.69) is 48.5 Å². The Bertz CT molecular complexity index is 468. The molecule has 0 saturated carbocycles. The number of rotatable bonds is 6. The van der Waals surface area contributed by atoms with Crippen LogP contribution in [0.3, 0.4) is 0 Å². The summed E-state index contributed by atoms with van der Waals surface area (Å²) in [6, 6.07) is 18.9. The largest absolute Gasteiger partial charge is 0.497 e. The molecule has 0 amide bonds. The van der Waals surface area contributed by atoms with Gasteiger partial charge >= 0.3 is 0 Å². The molecular weight excluding hydrogens is 240 g/mol. The quantitative estimate of drug-likeness (QED) is 0.719. The van der Waals surface area contributed by atoms with Crippen LogP contribution in [-0.2, 0) is 12.2 Å². The van der Waals surface area contributed by atoms with E-state index in [9.17, 15) is 0 Å². The summed E-state index contributed by atoms with van der Waals surface area (Å²) < 4.78 is 5.22. The number of aryl methyl sites for hydroxylation is 1. The molecule has 2 rings (SSSR count). The van der Waals surface area contributed by atoms with Crippen LogP contribution < -0.4 is 4.74 Å². The van der Waals surface area contributed by atoms with Gasteiger partial charge in [-0.2, -0.15) is 11.8 Å². The van der Waals surface area contributed by atoms with E-state index in [-0.39, 0.29) is 0 Å².